The van der Waals surface area contributed by atoms with E-state index in [0.717, 1.165) is 10.8 Å². The third-order valence-corrected chi connectivity index (χ3v) is 7.59. The van der Waals surface area contributed by atoms with Crippen LogP contribution in [0.2, 0.25) is 5.02 Å². The van der Waals surface area contributed by atoms with E-state index >= 15 is 0 Å². The molecule has 33 heavy (non-hydrogen) atoms. The van der Waals surface area contributed by atoms with Gasteiger partial charge in [-0.05, 0) is 41.8 Å². The van der Waals surface area contributed by atoms with Crippen LogP contribution in [-0.2, 0) is 21.2 Å². The van der Waals surface area contributed by atoms with Gasteiger partial charge in [-0.15, -0.1) is 0 Å². The standard InChI is InChI=1S/C26H19ClN2O3S/c27-19-12-14-20(15-13-19)33(31,32)25-16-29(24-11-4-3-9-22(24)25)17-26(30)28-23-10-5-7-18-6-1-2-8-21(18)23/h1-16H,17H2,(H,28,30). The van der Waals surface area contributed by atoms with Crippen LogP contribution in [0.4, 0.5) is 5.69 Å². The summed E-state index contributed by atoms with van der Waals surface area (Å²) >= 11 is 5.92. The minimum absolute atomic E-state index is 0.0279. The number of nitrogens with zero attached hydrogens (tertiary/aromatic N) is 1. The first-order valence-electron chi connectivity index (χ1n) is 10.3. The first kappa shape index (κ1) is 21.2. The Bertz CT molecular complexity index is 1600. The van der Waals surface area contributed by atoms with Crippen LogP contribution < -0.4 is 5.32 Å². The Balaban J connectivity index is 1.50. The first-order valence-corrected chi connectivity index (χ1v) is 12.2. The molecule has 1 amide bonds. The summed E-state index contributed by atoms with van der Waals surface area (Å²) in [4.78, 5) is 13.2. The molecule has 1 aromatic heterocycles. The Morgan fingerprint density at radius 1 is 0.818 bits per heavy atom. The van der Waals surface area contributed by atoms with E-state index in [1.54, 1.807) is 34.9 Å². The number of sulfone groups is 1. The molecule has 0 aliphatic rings. The van der Waals surface area contributed by atoms with Crippen LogP contribution in [0.3, 0.4) is 0 Å². The van der Waals surface area contributed by atoms with Crippen molar-refractivity contribution in [2.24, 2.45) is 0 Å². The number of hydrogen-bond donors (Lipinski definition) is 1. The number of benzene rings is 4. The van der Waals surface area contributed by atoms with Gasteiger partial charge in [-0.2, -0.15) is 0 Å². The maximum absolute atomic E-state index is 13.3. The maximum Gasteiger partial charge on any atom is 0.244 e. The summed E-state index contributed by atoms with van der Waals surface area (Å²) in [7, 11) is -3.80. The second-order valence-corrected chi connectivity index (χ2v) is 10.0. The topological polar surface area (TPSA) is 68.2 Å². The van der Waals surface area contributed by atoms with E-state index < -0.39 is 9.84 Å². The molecule has 1 heterocycles. The molecule has 0 atom stereocenters. The Labute approximate surface area is 196 Å². The average Bonchev–Trinajstić information content (AvgIpc) is 3.19. The van der Waals surface area contributed by atoms with Gasteiger partial charge in [0.2, 0.25) is 15.7 Å². The molecule has 0 fully saturated rings. The number of nitrogens with one attached hydrogen (secondary N) is 1. The summed E-state index contributed by atoms with van der Waals surface area (Å²) in [5, 5.41) is 5.95. The van der Waals surface area contributed by atoms with Crippen molar-refractivity contribution in [1.29, 1.82) is 0 Å². The van der Waals surface area contributed by atoms with Crippen LogP contribution in [-0.4, -0.2) is 18.9 Å². The first-order chi connectivity index (χ1) is 15.9. The Morgan fingerprint density at radius 2 is 1.48 bits per heavy atom. The molecule has 4 aromatic carbocycles. The van der Waals surface area contributed by atoms with E-state index in [4.69, 9.17) is 11.6 Å². The molecule has 0 spiro atoms. The zero-order valence-electron chi connectivity index (χ0n) is 17.4. The maximum atomic E-state index is 13.3. The second kappa shape index (κ2) is 8.39. The second-order valence-electron chi connectivity index (χ2n) is 7.67. The summed E-state index contributed by atoms with van der Waals surface area (Å²) in [5.74, 6) is -0.248. The minimum atomic E-state index is -3.80. The van der Waals surface area contributed by atoms with E-state index in [-0.39, 0.29) is 22.2 Å². The number of carbonyl (C=O) groups excluding carboxylic acids is 1. The lowest BCUT2D eigenvalue weighted by atomic mass is 10.1. The third-order valence-electron chi connectivity index (χ3n) is 5.54. The number of anilines is 1. The van der Waals surface area contributed by atoms with Gasteiger partial charge >= 0.3 is 0 Å². The monoisotopic (exact) mass is 474 g/mol. The van der Waals surface area contributed by atoms with Crippen molar-refractivity contribution in [1.82, 2.24) is 4.57 Å². The van der Waals surface area contributed by atoms with Gasteiger partial charge in [0.1, 0.15) is 6.54 Å². The van der Waals surface area contributed by atoms with Crippen molar-refractivity contribution in [3.05, 3.63) is 102 Å². The fourth-order valence-corrected chi connectivity index (χ4v) is 5.58. The van der Waals surface area contributed by atoms with Gasteiger partial charge in [0, 0.05) is 33.2 Å². The van der Waals surface area contributed by atoms with E-state index in [1.807, 2.05) is 48.5 Å². The number of carbonyl (C=O) groups is 1. The highest BCUT2D eigenvalue weighted by atomic mass is 35.5. The lowest BCUT2D eigenvalue weighted by molar-refractivity contribution is -0.116. The van der Waals surface area contributed by atoms with Crippen LogP contribution in [0.5, 0.6) is 0 Å². The van der Waals surface area contributed by atoms with Gasteiger partial charge in [-0.3, -0.25) is 4.79 Å². The molecule has 0 unspecified atom stereocenters. The lowest BCUT2D eigenvalue weighted by Gasteiger charge is -2.10. The summed E-state index contributed by atoms with van der Waals surface area (Å²) in [6.45, 7) is -0.0279. The van der Waals surface area contributed by atoms with Crippen molar-refractivity contribution in [3.63, 3.8) is 0 Å². The zero-order valence-corrected chi connectivity index (χ0v) is 19.0. The number of para-hydroxylation sites is 1. The Morgan fingerprint density at radius 3 is 2.27 bits per heavy atom. The van der Waals surface area contributed by atoms with Gasteiger partial charge in [-0.25, -0.2) is 8.42 Å². The van der Waals surface area contributed by atoms with Gasteiger partial charge in [0.25, 0.3) is 0 Å². The molecule has 0 saturated carbocycles. The Kier molecular flexibility index (Phi) is 5.40. The van der Waals surface area contributed by atoms with E-state index in [0.29, 0.717) is 21.6 Å². The quantitative estimate of drug-likeness (QED) is 0.344. The Hall–Kier alpha value is -3.61. The van der Waals surface area contributed by atoms with Crippen LogP contribution in [0, 0.1) is 0 Å². The smallest absolute Gasteiger partial charge is 0.244 e. The highest BCUT2D eigenvalue weighted by Crippen LogP contribution is 2.31. The molecule has 0 aliphatic carbocycles. The number of halogens is 1. The molecule has 0 aliphatic heterocycles. The summed E-state index contributed by atoms with van der Waals surface area (Å²) in [6, 6.07) is 26.7. The molecule has 164 valence electrons. The van der Waals surface area contributed by atoms with E-state index in [9.17, 15) is 13.2 Å². The van der Waals surface area contributed by atoms with Gasteiger partial charge in [0.15, 0.2) is 0 Å². The minimum Gasteiger partial charge on any atom is -0.337 e. The highest BCUT2D eigenvalue weighted by molar-refractivity contribution is 7.91. The van der Waals surface area contributed by atoms with E-state index in [1.165, 1.54) is 18.3 Å². The number of aromatic nitrogens is 1. The number of fused-ring (bicyclic) bond motifs is 2. The van der Waals surface area contributed by atoms with E-state index in [2.05, 4.69) is 5.32 Å². The van der Waals surface area contributed by atoms with Gasteiger partial charge in [-0.1, -0.05) is 66.2 Å². The fourth-order valence-electron chi connectivity index (χ4n) is 3.98. The SMILES string of the molecule is O=C(Cn1cc(S(=O)(=O)c2ccc(Cl)cc2)c2ccccc21)Nc1cccc2ccccc12. The summed E-state index contributed by atoms with van der Waals surface area (Å²) in [6.07, 6.45) is 1.53. The predicted molar refractivity (Wildman–Crippen MR) is 131 cm³/mol. The van der Waals surface area contributed by atoms with Crippen LogP contribution in [0.15, 0.2) is 107 Å². The molecule has 1 N–H and O–H groups in total. The zero-order chi connectivity index (χ0) is 23.0. The fraction of sp³-hybridized carbons (Fsp3) is 0.0385. The van der Waals surface area contributed by atoms with Crippen LogP contribution in [0.25, 0.3) is 21.7 Å². The van der Waals surface area contributed by atoms with Crippen molar-refractivity contribution >= 4 is 54.7 Å². The highest BCUT2D eigenvalue weighted by Gasteiger charge is 2.24. The van der Waals surface area contributed by atoms with Crippen LogP contribution >= 0.6 is 11.6 Å². The largest absolute Gasteiger partial charge is 0.337 e. The van der Waals surface area contributed by atoms with Gasteiger partial charge < -0.3 is 9.88 Å². The number of rotatable bonds is 5. The molecule has 7 heteroatoms. The lowest BCUT2D eigenvalue weighted by Crippen LogP contribution is -2.18. The van der Waals surface area contributed by atoms with Crippen molar-refractivity contribution in [2.45, 2.75) is 16.3 Å². The van der Waals surface area contributed by atoms with Crippen molar-refractivity contribution in [2.75, 3.05) is 5.32 Å². The molecule has 5 aromatic rings. The third kappa shape index (κ3) is 3.99. The molecular formula is C26H19ClN2O3S. The molecule has 0 saturated heterocycles. The average molecular weight is 475 g/mol. The van der Waals surface area contributed by atoms with Crippen molar-refractivity contribution < 1.29 is 13.2 Å². The van der Waals surface area contributed by atoms with Crippen LogP contribution in [0.1, 0.15) is 0 Å². The molecule has 0 bridgehead atoms. The van der Waals surface area contributed by atoms with Crippen molar-refractivity contribution in [3.8, 4) is 0 Å². The summed E-state index contributed by atoms with van der Waals surface area (Å²) in [5.41, 5.74) is 1.38. The molecule has 5 nitrogen and oxygen atoms in total. The van der Waals surface area contributed by atoms with Gasteiger partial charge in [0.05, 0.1) is 9.79 Å². The summed E-state index contributed by atoms with van der Waals surface area (Å²) < 4.78 is 28.3. The predicted octanol–water partition coefficient (Wildman–Crippen LogP) is 5.92. The molecular weight excluding hydrogens is 456 g/mol. The molecule has 5 rings (SSSR count). The molecule has 0 radical (unpaired) electrons. The normalized spacial score (nSPS) is 11.7. The number of hydrogen-bond acceptors (Lipinski definition) is 3. The number of amides is 1.